The third-order valence-corrected chi connectivity index (χ3v) is 5.68. The molecule has 0 atom stereocenters. The van der Waals surface area contributed by atoms with Gasteiger partial charge in [-0.1, -0.05) is 49.1 Å². The number of hydrogen-bond acceptors (Lipinski definition) is 4. The van der Waals surface area contributed by atoms with E-state index in [1.807, 2.05) is 37.3 Å². The van der Waals surface area contributed by atoms with Gasteiger partial charge in [-0.2, -0.15) is 0 Å². The Hall–Kier alpha value is -2.11. The van der Waals surface area contributed by atoms with Gasteiger partial charge in [0.15, 0.2) is 0 Å². The van der Waals surface area contributed by atoms with Crippen molar-refractivity contribution >= 4 is 23.2 Å². The molecule has 1 amide bonds. The molecule has 1 heterocycles. The molecule has 0 unspecified atom stereocenters. The molecule has 0 aliphatic heterocycles. The summed E-state index contributed by atoms with van der Waals surface area (Å²) in [6, 6.07) is 9.57. The molecule has 0 spiro atoms. The summed E-state index contributed by atoms with van der Waals surface area (Å²) in [7, 11) is 1.63. The number of anilines is 1. The number of halogens is 1. The third-order valence-electron chi connectivity index (χ3n) is 5.35. The van der Waals surface area contributed by atoms with E-state index in [0.29, 0.717) is 29.8 Å². The molecular formula is C22H27ClN2O3. The number of nitrogens with one attached hydrogen (secondary N) is 1. The summed E-state index contributed by atoms with van der Waals surface area (Å²) in [5, 5.41) is 3.72. The van der Waals surface area contributed by atoms with Crippen molar-refractivity contribution in [3.05, 3.63) is 52.7 Å². The van der Waals surface area contributed by atoms with Crippen LogP contribution in [0.25, 0.3) is 0 Å². The number of benzene rings is 1. The predicted molar refractivity (Wildman–Crippen MR) is 111 cm³/mol. The average molecular weight is 403 g/mol. The maximum atomic E-state index is 13.4. The molecule has 1 aromatic carbocycles. The Morgan fingerprint density at radius 1 is 1.21 bits per heavy atom. The number of aromatic nitrogens is 1. The van der Waals surface area contributed by atoms with Crippen molar-refractivity contribution in [2.24, 2.45) is 0 Å². The first-order valence-corrected chi connectivity index (χ1v) is 10.1. The summed E-state index contributed by atoms with van der Waals surface area (Å²) in [5.41, 5.74) is 1.85. The second kappa shape index (κ2) is 9.39. The van der Waals surface area contributed by atoms with Gasteiger partial charge in [0.05, 0.1) is 23.9 Å². The quantitative estimate of drug-likeness (QED) is 0.668. The molecule has 6 heteroatoms. The molecule has 1 aromatic heterocycles. The first-order chi connectivity index (χ1) is 13.6. The van der Waals surface area contributed by atoms with Crippen LogP contribution in [-0.2, 0) is 14.9 Å². The van der Waals surface area contributed by atoms with Crippen molar-refractivity contribution in [2.45, 2.75) is 44.4 Å². The molecule has 0 saturated heterocycles. The second-order valence-corrected chi connectivity index (χ2v) is 7.67. The number of ether oxygens (including phenoxy) is 2. The highest BCUT2D eigenvalue weighted by Crippen LogP contribution is 2.43. The SMILES string of the molecule is COCCOc1ncc(NC(=O)C2(c3ccccc3Cl)CCCCC2)cc1C. The molecule has 1 aliphatic rings. The standard InChI is InChI=1S/C22H27ClN2O3/c1-16-14-17(15-24-20(16)28-13-12-27-2)25-21(26)22(10-6-3-7-11-22)18-8-4-5-9-19(18)23/h4-5,8-9,14-15H,3,6-7,10-13H2,1-2H3,(H,25,26). The Labute approximate surface area is 171 Å². The molecule has 1 saturated carbocycles. The van der Waals surface area contributed by atoms with E-state index in [1.165, 1.54) is 0 Å². The smallest absolute Gasteiger partial charge is 0.235 e. The fourth-order valence-electron chi connectivity index (χ4n) is 3.88. The van der Waals surface area contributed by atoms with E-state index in [1.54, 1.807) is 13.3 Å². The molecule has 3 rings (SSSR count). The summed E-state index contributed by atoms with van der Waals surface area (Å²) in [6.07, 6.45) is 6.41. The van der Waals surface area contributed by atoms with E-state index >= 15 is 0 Å². The lowest BCUT2D eigenvalue weighted by molar-refractivity contribution is -0.122. The van der Waals surface area contributed by atoms with Crippen molar-refractivity contribution in [2.75, 3.05) is 25.6 Å². The first-order valence-electron chi connectivity index (χ1n) is 9.72. The zero-order chi connectivity index (χ0) is 20.0. The van der Waals surface area contributed by atoms with Crippen LogP contribution in [0.4, 0.5) is 5.69 Å². The first kappa shape index (κ1) is 20.6. The number of carbonyl (C=O) groups excluding carboxylic acids is 1. The van der Waals surface area contributed by atoms with Gasteiger partial charge in [0, 0.05) is 17.7 Å². The largest absolute Gasteiger partial charge is 0.475 e. The van der Waals surface area contributed by atoms with Gasteiger partial charge in [-0.15, -0.1) is 0 Å². The van der Waals surface area contributed by atoms with Crippen LogP contribution in [0.1, 0.15) is 43.2 Å². The molecule has 150 valence electrons. The Balaban J connectivity index is 1.81. The Bertz CT molecular complexity index is 819. The average Bonchev–Trinajstić information content (AvgIpc) is 2.70. The lowest BCUT2D eigenvalue weighted by Crippen LogP contribution is -2.42. The van der Waals surface area contributed by atoms with E-state index in [0.717, 1.165) is 43.2 Å². The second-order valence-electron chi connectivity index (χ2n) is 7.26. The van der Waals surface area contributed by atoms with E-state index in [9.17, 15) is 4.79 Å². The van der Waals surface area contributed by atoms with Crippen LogP contribution in [-0.4, -0.2) is 31.2 Å². The number of amides is 1. The molecule has 28 heavy (non-hydrogen) atoms. The molecular weight excluding hydrogens is 376 g/mol. The number of hydrogen-bond donors (Lipinski definition) is 1. The van der Waals surface area contributed by atoms with Crippen LogP contribution in [0.5, 0.6) is 5.88 Å². The number of pyridine rings is 1. The van der Waals surface area contributed by atoms with Gasteiger partial charge in [-0.25, -0.2) is 4.98 Å². The Morgan fingerprint density at radius 3 is 2.64 bits per heavy atom. The lowest BCUT2D eigenvalue weighted by atomic mass is 9.68. The Morgan fingerprint density at radius 2 is 1.96 bits per heavy atom. The number of rotatable bonds is 7. The van der Waals surface area contributed by atoms with Crippen molar-refractivity contribution < 1.29 is 14.3 Å². The minimum Gasteiger partial charge on any atom is -0.475 e. The highest BCUT2D eigenvalue weighted by molar-refractivity contribution is 6.31. The van der Waals surface area contributed by atoms with Crippen molar-refractivity contribution in [3.8, 4) is 5.88 Å². The van der Waals surface area contributed by atoms with Gasteiger partial charge in [0.2, 0.25) is 11.8 Å². The summed E-state index contributed by atoms with van der Waals surface area (Å²) < 4.78 is 10.6. The minimum atomic E-state index is -0.599. The molecule has 1 N–H and O–H groups in total. The molecule has 1 fully saturated rings. The number of aryl methyl sites for hydroxylation is 1. The Kier molecular flexibility index (Phi) is 6.92. The summed E-state index contributed by atoms with van der Waals surface area (Å²) in [5.74, 6) is 0.531. The zero-order valence-corrected chi connectivity index (χ0v) is 17.2. The lowest BCUT2D eigenvalue weighted by Gasteiger charge is -2.37. The molecule has 1 aliphatic carbocycles. The van der Waals surface area contributed by atoms with E-state index in [4.69, 9.17) is 21.1 Å². The predicted octanol–water partition coefficient (Wildman–Crippen LogP) is 4.91. The number of carbonyl (C=O) groups is 1. The van der Waals surface area contributed by atoms with Crippen LogP contribution in [0.15, 0.2) is 36.5 Å². The maximum absolute atomic E-state index is 13.4. The highest BCUT2D eigenvalue weighted by Gasteiger charge is 2.42. The zero-order valence-electron chi connectivity index (χ0n) is 16.5. The van der Waals surface area contributed by atoms with Gasteiger partial charge >= 0.3 is 0 Å². The van der Waals surface area contributed by atoms with Crippen LogP contribution >= 0.6 is 11.6 Å². The summed E-state index contributed by atoms with van der Waals surface area (Å²) in [6.45, 7) is 2.85. The van der Waals surface area contributed by atoms with Gasteiger partial charge < -0.3 is 14.8 Å². The van der Waals surface area contributed by atoms with Crippen LogP contribution < -0.4 is 10.1 Å². The van der Waals surface area contributed by atoms with E-state index < -0.39 is 5.41 Å². The number of methoxy groups -OCH3 is 1. The molecule has 0 radical (unpaired) electrons. The summed E-state index contributed by atoms with van der Waals surface area (Å²) >= 11 is 6.48. The molecule has 5 nitrogen and oxygen atoms in total. The highest BCUT2D eigenvalue weighted by atomic mass is 35.5. The molecule has 2 aromatic rings. The summed E-state index contributed by atoms with van der Waals surface area (Å²) in [4.78, 5) is 17.7. The fourth-order valence-corrected chi connectivity index (χ4v) is 4.19. The topological polar surface area (TPSA) is 60.5 Å². The van der Waals surface area contributed by atoms with Gasteiger partial charge in [0.1, 0.15) is 6.61 Å². The van der Waals surface area contributed by atoms with Crippen LogP contribution in [0.3, 0.4) is 0 Å². The van der Waals surface area contributed by atoms with Crippen LogP contribution in [0.2, 0.25) is 5.02 Å². The van der Waals surface area contributed by atoms with Crippen LogP contribution in [0, 0.1) is 6.92 Å². The van der Waals surface area contributed by atoms with Gasteiger partial charge in [-0.05, 0) is 37.5 Å². The normalized spacial score (nSPS) is 15.8. The number of nitrogens with zero attached hydrogens (tertiary/aromatic N) is 1. The van der Waals surface area contributed by atoms with Crippen molar-refractivity contribution in [1.82, 2.24) is 4.98 Å². The third kappa shape index (κ3) is 4.47. The minimum absolute atomic E-state index is 0.0189. The molecule has 0 bridgehead atoms. The monoisotopic (exact) mass is 402 g/mol. The van der Waals surface area contributed by atoms with E-state index in [2.05, 4.69) is 10.3 Å². The van der Waals surface area contributed by atoms with Gasteiger partial charge in [0.25, 0.3) is 0 Å². The van der Waals surface area contributed by atoms with Crippen molar-refractivity contribution in [1.29, 1.82) is 0 Å². The van der Waals surface area contributed by atoms with Gasteiger partial charge in [-0.3, -0.25) is 4.79 Å². The maximum Gasteiger partial charge on any atom is 0.235 e. The fraction of sp³-hybridized carbons (Fsp3) is 0.455. The van der Waals surface area contributed by atoms with Crippen molar-refractivity contribution in [3.63, 3.8) is 0 Å². The van der Waals surface area contributed by atoms with E-state index in [-0.39, 0.29) is 5.91 Å².